The van der Waals surface area contributed by atoms with Gasteiger partial charge in [0.2, 0.25) is 5.91 Å². The Morgan fingerprint density at radius 2 is 2.00 bits per heavy atom. The van der Waals surface area contributed by atoms with Gasteiger partial charge in [0.15, 0.2) is 0 Å². The SMILES string of the molecule is Cc1nnc(-c2ccc(Oc3cc(C(=O)O)ccc3CN3CCCC3=O)cc2)s1. The number of hydrogen-bond acceptors (Lipinski definition) is 6. The van der Waals surface area contributed by atoms with Crippen molar-refractivity contribution in [2.45, 2.75) is 26.3 Å². The number of hydrogen-bond donors (Lipinski definition) is 1. The fraction of sp³-hybridized carbons (Fsp3) is 0.238. The number of rotatable bonds is 6. The van der Waals surface area contributed by atoms with Crippen molar-refractivity contribution in [3.63, 3.8) is 0 Å². The summed E-state index contributed by atoms with van der Waals surface area (Å²) in [7, 11) is 0. The number of aromatic nitrogens is 2. The molecule has 7 nitrogen and oxygen atoms in total. The van der Waals surface area contributed by atoms with Gasteiger partial charge in [-0.25, -0.2) is 4.79 Å². The molecular formula is C21H19N3O4S. The zero-order chi connectivity index (χ0) is 20.4. The second-order valence-corrected chi connectivity index (χ2v) is 7.98. The van der Waals surface area contributed by atoms with Gasteiger partial charge in [-0.3, -0.25) is 4.79 Å². The van der Waals surface area contributed by atoms with E-state index in [1.807, 2.05) is 31.2 Å². The molecule has 0 aliphatic carbocycles. The van der Waals surface area contributed by atoms with Gasteiger partial charge in [0.05, 0.1) is 5.56 Å². The summed E-state index contributed by atoms with van der Waals surface area (Å²) in [6, 6.07) is 12.1. The van der Waals surface area contributed by atoms with Crippen LogP contribution in [0.1, 0.15) is 33.8 Å². The molecule has 1 amide bonds. The van der Waals surface area contributed by atoms with Crippen LogP contribution in [0.25, 0.3) is 10.6 Å². The number of nitrogens with zero attached hydrogens (tertiary/aromatic N) is 3. The Hall–Kier alpha value is -3.26. The largest absolute Gasteiger partial charge is 0.478 e. The van der Waals surface area contributed by atoms with Crippen molar-refractivity contribution < 1.29 is 19.4 Å². The highest BCUT2D eigenvalue weighted by Gasteiger charge is 2.22. The highest BCUT2D eigenvalue weighted by atomic mass is 32.1. The number of aromatic carboxylic acids is 1. The van der Waals surface area contributed by atoms with E-state index < -0.39 is 5.97 Å². The number of carboxylic acid groups (broad SMARTS) is 1. The zero-order valence-corrected chi connectivity index (χ0v) is 16.6. The lowest BCUT2D eigenvalue weighted by atomic mass is 10.1. The van der Waals surface area contributed by atoms with Crippen LogP contribution in [0.3, 0.4) is 0 Å². The van der Waals surface area contributed by atoms with Gasteiger partial charge in [0, 0.05) is 30.6 Å². The van der Waals surface area contributed by atoms with Gasteiger partial charge in [-0.1, -0.05) is 17.4 Å². The predicted octanol–water partition coefficient (Wildman–Crippen LogP) is 4.13. The molecule has 2 aromatic carbocycles. The van der Waals surface area contributed by atoms with E-state index >= 15 is 0 Å². The van der Waals surface area contributed by atoms with Gasteiger partial charge >= 0.3 is 5.97 Å². The molecule has 0 bridgehead atoms. The van der Waals surface area contributed by atoms with Gasteiger partial charge in [-0.2, -0.15) is 0 Å². The van der Waals surface area contributed by atoms with E-state index in [2.05, 4.69) is 10.2 Å². The third kappa shape index (κ3) is 4.27. The maximum absolute atomic E-state index is 12.0. The van der Waals surface area contributed by atoms with Crippen LogP contribution in [0.2, 0.25) is 0 Å². The number of carbonyl (C=O) groups excluding carboxylic acids is 1. The summed E-state index contributed by atoms with van der Waals surface area (Å²) < 4.78 is 6.01. The third-order valence-corrected chi connectivity index (χ3v) is 5.59. The Kier molecular flexibility index (Phi) is 5.26. The van der Waals surface area contributed by atoms with Crippen LogP contribution in [0.5, 0.6) is 11.5 Å². The van der Waals surface area contributed by atoms with Crippen LogP contribution < -0.4 is 4.74 Å². The number of amides is 1. The minimum atomic E-state index is -1.03. The Morgan fingerprint density at radius 3 is 2.62 bits per heavy atom. The summed E-state index contributed by atoms with van der Waals surface area (Å²) in [6.45, 7) is 3.01. The molecule has 148 valence electrons. The average molecular weight is 409 g/mol. The number of ether oxygens (including phenoxy) is 1. The lowest BCUT2D eigenvalue weighted by molar-refractivity contribution is -0.128. The van der Waals surface area contributed by atoms with Gasteiger partial charge in [-0.15, -0.1) is 10.2 Å². The molecule has 1 fully saturated rings. The average Bonchev–Trinajstić information content (AvgIpc) is 3.32. The van der Waals surface area contributed by atoms with E-state index in [1.54, 1.807) is 11.0 Å². The second-order valence-electron chi connectivity index (χ2n) is 6.80. The number of carboxylic acids is 1. The van der Waals surface area contributed by atoms with E-state index in [1.165, 1.54) is 23.5 Å². The molecule has 0 saturated carbocycles. The monoisotopic (exact) mass is 409 g/mol. The standard InChI is InChI=1S/C21H19N3O4S/c1-13-22-23-20(29-13)14-6-8-17(9-7-14)28-18-11-15(21(26)27)4-5-16(18)12-24-10-2-3-19(24)25/h4-9,11H,2-3,10,12H2,1H3,(H,26,27). The van der Waals surface area contributed by atoms with Crippen LogP contribution in [0.15, 0.2) is 42.5 Å². The van der Waals surface area contributed by atoms with Crippen LogP contribution in [-0.4, -0.2) is 38.6 Å². The van der Waals surface area contributed by atoms with Crippen LogP contribution >= 0.6 is 11.3 Å². The molecule has 1 aliphatic rings. The van der Waals surface area contributed by atoms with Crippen molar-refractivity contribution >= 4 is 23.2 Å². The lowest BCUT2D eigenvalue weighted by Gasteiger charge is -2.18. The molecule has 1 saturated heterocycles. The first kappa shape index (κ1) is 19.1. The first-order chi connectivity index (χ1) is 14.0. The summed E-state index contributed by atoms with van der Waals surface area (Å²) in [4.78, 5) is 25.1. The van der Waals surface area contributed by atoms with Crippen molar-refractivity contribution in [2.24, 2.45) is 0 Å². The highest BCUT2D eigenvalue weighted by Crippen LogP contribution is 2.31. The molecule has 3 aromatic rings. The number of benzene rings is 2. The van der Waals surface area contributed by atoms with Crippen molar-refractivity contribution in [2.75, 3.05) is 6.54 Å². The van der Waals surface area contributed by atoms with E-state index in [0.717, 1.165) is 27.6 Å². The van der Waals surface area contributed by atoms with E-state index in [0.29, 0.717) is 31.0 Å². The van der Waals surface area contributed by atoms with Crippen molar-refractivity contribution in [1.29, 1.82) is 0 Å². The molecule has 4 rings (SSSR count). The predicted molar refractivity (Wildman–Crippen MR) is 108 cm³/mol. The van der Waals surface area contributed by atoms with E-state index in [-0.39, 0.29) is 11.5 Å². The van der Waals surface area contributed by atoms with E-state index in [9.17, 15) is 14.7 Å². The molecule has 8 heteroatoms. The molecule has 1 N–H and O–H groups in total. The molecular weight excluding hydrogens is 390 g/mol. The lowest BCUT2D eigenvalue weighted by Crippen LogP contribution is -2.24. The van der Waals surface area contributed by atoms with Gasteiger partial charge in [0.1, 0.15) is 21.5 Å². The number of aryl methyl sites for hydroxylation is 1. The summed E-state index contributed by atoms with van der Waals surface area (Å²) >= 11 is 1.51. The molecule has 0 spiro atoms. The molecule has 0 radical (unpaired) electrons. The quantitative estimate of drug-likeness (QED) is 0.658. The first-order valence-electron chi connectivity index (χ1n) is 9.22. The third-order valence-electron chi connectivity index (χ3n) is 4.70. The van der Waals surface area contributed by atoms with Crippen molar-refractivity contribution in [1.82, 2.24) is 15.1 Å². The minimum absolute atomic E-state index is 0.106. The second kappa shape index (κ2) is 8.00. The zero-order valence-electron chi connectivity index (χ0n) is 15.8. The normalized spacial score (nSPS) is 13.7. The van der Waals surface area contributed by atoms with Crippen molar-refractivity contribution in [3.05, 3.63) is 58.6 Å². The van der Waals surface area contributed by atoms with Gasteiger partial charge < -0.3 is 14.7 Å². The Morgan fingerprint density at radius 1 is 1.21 bits per heavy atom. The Balaban J connectivity index is 1.59. The molecule has 2 heterocycles. The molecule has 0 unspecified atom stereocenters. The molecule has 29 heavy (non-hydrogen) atoms. The van der Waals surface area contributed by atoms with Crippen molar-refractivity contribution in [3.8, 4) is 22.1 Å². The van der Waals surface area contributed by atoms with Crippen LogP contribution in [0, 0.1) is 6.92 Å². The fourth-order valence-corrected chi connectivity index (χ4v) is 3.89. The first-order valence-corrected chi connectivity index (χ1v) is 10.0. The van der Waals surface area contributed by atoms with Crippen LogP contribution in [-0.2, 0) is 11.3 Å². The maximum Gasteiger partial charge on any atom is 0.335 e. The molecule has 1 aromatic heterocycles. The fourth-order valence-electron chi connectivity index (χ4n) is 3.20. The van der Waals surface area contributed by atoms with Gasteiger partial charge in [0.25, 0.3) is 0 Å². The van der Waals surface area contributed by atoms with Crippen LogP contribution in [0.4, 0.5) is 0 Å². The smallest absolute Gasteiger partial charge is 0.335 e. The highest BCUT2D eigenvalue weighted by molar-refractivity contribution is 7.14. The maximum atomic E-state index is 12.0. The topological polar surface area (TPSA) is 92.6 Å². The Labute approximate surface area is 171 Å². The summed E-state index contributed by atoms with van der Waals surface area (Å²) in [5.41, 5.74) is 1.84. The van der Waals surface area contributed by atoms with Gasteiger partial charge in [-0.05, 0) is 49.7 Å². The summed E-state index contributed by atoms with van der Waals surface area (Å²) in [6.07, 6.45) is 1.39. The summed E-state index contributed by atoms with van der Waals surface area (Å²) in [5.74, 6) is 0.0891. The summed E-state index contributed by atoms with van der Waals surface area (Å²) in [5, 5.41) is 19.2. The number of carbonyl (C=O) groups is 2. The Bertz CT molecular complexity index is 1060. The molecule has 1 aliphatic heterocycles. The minimum Gasteiger partial charge on any atom is -0.478 e. The number of likely N-dealkylation sites (tertiary alicyclic amines) is 1. The molecule has 0 atom stereocenters. The van der Waals surface area contributed by atoms with E-state index in [4.69, 9.17) is 4.74 Å².